The standard InChI is InChI=1S/2C25H29N2O.2C24H27N2O/c2*1-7-17-13-22(27(6)14-18(17)8-2)23-16(5)9-10-19-20-11-12-21(15(3)4)26-25(20)28-24(19)23;2*1-6-16-13-21(26(5)14-17(16)7-2)22-15(4)9-11-19-20-12-10-18(8-3)25-24(20)27-23(19)22/h2*9-15H,7-8H2,1-6H3;2*9-14H,6-8H2,1-5H3/q4*+1/i7D2,8D2,15D;7D2,8D2;6D2,7D2,8D2;6D2,7D2. The van der Waals surface area contributed by atoms with Crippen molar-refractivity contribution in [3.63, 3.8) is 0 Å². The molecule has 0 spiro atoms. The highest BCUT2D eigenvalue weighted by atomic mass is 16.4. The second-order valence-electron chi connectivity index (χ2n) is 28.4. The fourth-order valence-electron chi connectivity index (χ4n) is 14.8. The first-order valence-electron chi connectivity index (χ1n) is 46.9. The van der Waals surface area contributed by atoms with Crippen LogP contribution in [0.4, 0.5) is 0 Å². The molecular formula is C98H112N8O4+4. The van der Waals surface area contributed by atoms with Gasteiger partial charge in [-0.3, -0.25) is 0 Å². The summed E-state index contributed by atoms with van der Waals surface area (Å²) in [4.78, 5) is 18.4. The van der Waals surface area contributed by atoms with Crippen LogP contribution in [0.1, 0.15) is 224 Å². The molecule has 0 aliphatic carbocycles. The summed E-state index contributed by atoms with van der Waals surface area (Å²) < 4.78 is 189. The zero-order valence-electron chi connectivity index (χ0n) is 86.4. The molecule has 0 N–H and O–H groups in total. The van der Waals surface area contributed by atoms with E-state index in [9.17, 15) is 0 Å². The molecule has 0 bridgehead atoms. The lowest BCUT2D eigenvalue weighted by Gasteiger charge is -2.10. The minimum Gasteiger partial charge on any atom is -0.437 e. The van der Waals surface area contributed by atoms with Crippen LogP contribution < -0.4 is 18.3 Å². The highest BCUT2D eigenvalue weighted by Gasteiger charge is 2.29. The van der Waals surface area contributed by atoms with E-state index in [4.69, 9.17) is 48.7 Å². The molecule has 4 aromatic carbocycles. The van der Waals surface area contributed by atoms with Gasteiger partial charge in [-0.25, -0.2) is 38.2 Å². The van der Waals surface area contributed by atoms with E-state index < -0.39 is 63.3 Å². The van der Waals surface area contributed by atoms with Crippen LogP contribution in [0.15, 0.2) is 164 Å². The molecule has 12 heterocycles. The first kappa shape index (κ1) is 56.5. The van der Waals surface area contributed by atoms with Gasteiger partial charge >= 0.3 is 0 Å². The van der Waals surface area contributed by atoms with E-state index in [2.05, 4.69) is 35.7 Å². The third kappa shape index (κ3) is 14.5. The average Bonchev–Trinajstić information content (AvgIpc) is 1.59. The van der Waals surface area contributed by atoms with Crippen molar-refractivity contribution in [2.45, 2.75) is 200 Å². The van der Waals surface area contributed by atoms with Crippen molar-refractivity contribution in [2.24, 2.45) is 28.2 Å². The number of aryl methyl sites for hydroxylation is 18. The van der Waals surface area contributed by atoms with E-state index >= 15 is 0 Å². The first-order chi connectivity index (χ1) is 59.4. The van der Waals surface area contributed by atoms with Crippen LogP contribution in [0.5, 0.6) is 0 Å². The van der Waals surface area contributed by atoms with Crippen molar-refractivity contribution in [3.05, 3.63) is 236 Å². The molecule has 110 heavy (non-hydrogen) atoms. The SMILES string of the molecule is [2H]C([2H])(C)c1cc(-c2c(C)ccc3c2oc2nc(C(C)C)ccc23)[n+](C)cc1C([2H])([2H])C.[2H]C([2H])(C)c1cc(-c2c(C)ccc3c2oc2nc(C([2H])(C)C)ccc23)[n+](C)cc1C([2H])([2H])C.[2H]C([2H])(C)c1cc(-c2c(C)ccc3c2oc2nc(CC)ccc23)[n+](C)cc1C([2H])([2H])C.[2H]C([2H])(C)c1ccc2c(n1)oc1c(-c3cc(C([2H])([2H])C)c(C([2H])([2H])C)c[n+]3C)c(C)ccc12. The lowest BCUT2D eigenvalue weighted by molar-refractivity contribution is -0.661. The Morgan fingerprint density at radius 1 is 0.309 bits per heavy atom. The van der Waals surface area contributed by atoms with Gasteiger partial charge in [0.2, 0.25) is 45.6 Å². The van der Waals surface area contributed by atoms with Crippen molar-refractivity contribution in [2.75, 3.05) is 0 Å². The van der Waals surface area contributed by atoms with Crippen molar-refractivity contribution in [3.8, 4) is 45.0 Å². The summed E-state index contributed by atoms with van der Waals surface area (Å²) in [5.74, 6) is -0.563. The van der Waals surface area contributed by atoms with Gasteiger partial charge in [0.15, 0.2) is 47.1 Å². The number of nitrogens with zero attached hydrogens (tertiary/aromatic N) is 8. The monoisotopic (exact) mass is 1480 g/mol. The normalized spacial score (nSPS) is 15.5. The molecule has 0 radical (unpaired) electrons. The van der Waals surface area contributed by atoms with E-state index in [0.717, 1.165) is 122 Å². The topological polar surface area (TPSA) is 120 Å². The summed E-state index contributed by atoms with van der Waals surface area (Å²) in [6, 6.07) is 38.4. The number of rotatable bonds is 16. The van der Waals surface area contributed by atoms with Crippen molar-refractivity contribution < 1.29 is 62.0 Å². The molecule has 0 amide bonds. The Bertz CT molecular complexity index is 6910. The number of benzene rings is 4. The van der Waals surface area contributed by atoms with Gasteiger partial charge in [-0.15, -0.1) is 0 Å². The highest BCUT2D eigenvalue weighted by Crippen LogP contribution is 2.42. The molecular weight excluding hydrogens is 1350 g/mol. The summed E-state index contributed by atoms with van der Waals surface area (Å²) in [5, 5.41) is 7.16. The van der Waals surface area contributed by atoms with Gasteiger partial charge in [0.05, 0.1) is 22.3 Å². The quantitative estimate of drug-likeness (QED) is 0.0878. The van der Waals surface area contributed by atoms with E-state index in [1.807, 2.05) is 161 Å². The van der Waals surface area contributed by atoms with Crippen molar-refractivity contribution >= 4 is 88.3 Å². The zero-order chi connectivity index (χ0) is 95.3. The van der Waals surface area contributed by atoms with Gasteiger partial charge in [0, 0.05) is 138 Å². The van der Waals surface area contributed by atoms with E-state index in [1.54, 1.807) is 73.5 Å². The van der Waals surface area contributed by atoms with E-state index in [1.165, 1.54) is 62.3 Å². The number of fused-ring (bicyclic) bond motifs is 12. The number of pyridine rings is 8. The van der Waals surface area contributed by atoms with Gasteiger partial charge in [-0.1, -0.05) is 145 Å². The third-order valence-electron chi connectivity index (χ3n) is 20.9. The number of hydrogen-bond donors (Lipinski definition) is 0. The minimum atomic E-state index is -1.75. The number of furan rings is 4. The third-order valence-corrected chi connectivity index (χ3v) is 20.9. The Kier molecular flexibility index (Phi) is 16.7. The van der Waals surface area contributed by atoms with Crippen molar-refractivity contribution in [1.29, 1.82) is 0 Å². The lowest BCUT2D eigenvalue weighted by atomic mass is 9.97. The predicted molar refractivity (Wildman–Crippen MR) is 453 cm³/mol. The van der Waals surface area contributed by atoms with Crippen LogP contribution in [-0.2, 0) is 92.0 Å². The molecule has 12 aromatic heterocycles. The number of aromatic nitrogens is 8. The lowest BCUT2D eigenvalue weighted by Crippen LogP contribution is -2.32. The van der Waals surface area contributed by atoms with Crippen LogP contribution in [0.2, 0.25) is 0 Å². The summed E-state index contributed by atoms with van der Waals surface area (Å²) in [6.45, 7) is 30.8. The van der Waals surface area contributed by atoms with Gasteiger partial charge < -0.3 is 17.7 Å². The van der Waals surface area contributed by atoms with Gasteiger partial charge in [-0.05, 0) is 196 Å². The van der Waals surface area contributed by atoms with E-state index in [0.29, 0.717) is 95.5 Å². The second kappa shape index (κ2) is 32.5. The Morgan fingerprint density at radius 2 is 0.564 bits per heavy atom. The molecule has 0 aliphatic rings. The van der Waals surface area contributed by atoms with Crippen LogP contribution in [0.3, 0.4) is 0 Å². The van der Waals surface area contributed by atoms with Gasteiger partial charge in [0.1, 0.15) is 28.2 Å². The molecule has 12 nitrogen and oxygen atoms in total. The molecule has 0 fully saturated rings. The Morgan fingerprint density at radius 3 is 0.836 bits per heavy atom. The molecule has 0 saturated carbocycles. The first-order valence-corrected chi connectivity index (χ1v) is 37.4. The fraction of sp³-hybridized carbons (Fsp3) is 0.347. The molecule has 16 rings (SSSR count). The fourth-order valence-corrected chi connectivity index (χ4v) is 14.8. The van der Waals surface area contributed by atoms with E-state index in [-0.39, 0.29) is 17.2 Å². The summed E-state index contributed by atoms with van der Waals surface area (Å²) >= 11 is 0. The maximum atomic E-state index is 8.35. The molecule has 0 unspecified atom stereocenters. The Hall–Kier alpha value is -10.7. The maximum absolute atomic E-state index is 8.35. The largest absolute Gasteiger partial charge is 0.437 e. The highest BCUT2D eigenvalue weighted by molar-refractivity contribution is 6.12. The molecule has 12 heteroatoms. The Balaban J connectivity index is 0.000000147. The minimum absolute atomic E-state index is 0.286. The summed E-state index contributed by atoms with van der Waals surface area (Å²) in [5.41, 5.74) is 20.2. The van der Waals surface area contributed by atoms with Crippen LogP contribution in [0.25, 0.3) is 133 Å². The number of hydrogen-bond acceptors (Lipinski definition) is 8. The van der Waals surface area contributed by atoms with Gasteiger partial charge in [-0.2, -0.15) is 0 Å². The predicted octanol–water partition coefficient (Wildman–Crippen LogP) is 23.0. The molecule has 16 aromatic rings. The zero-order valence-corrected chi connectivity index (χ0v) is 67.4. The van der Waals surface area contributed by atoms with Crippen molar-refractivity contribution in [1.82, 2.24) is 19.9 Å². The second-order valence-corrected chi connectivity index (χ2v) is 28.4. The van der Waals surface area contributed by atoms with Crippen LogP contribution in [-0.4, -0.2) is 19.9 Å². The molecule has 0 atom stereocenters. The van der Waals surface area contributed by atoms with Crippen LogP contribution >= 0.6 is 0 Å². The average molecular weight is 1490 g/mol. The molecule has 0 saturated heterocycles. The van der Waals surface area contributed by atoms with Gasteiger partial charge in [0.25, 0.3) is 0 Å². The molecule has 564 valence electrons. The molecule has 0 aliphatic heterocycles. The van der Waals surface area contributed by atoms with Crippen LogP contribution in [0, 0.1) is 27.7 Å². The smallest absolute Gasteiger partial charge is 0.227 e. The summed E-state index contributed by atoms with van der Waals surface area (Å²) in [6.07, 6.45) is -7.70. The Labute approximate surface area is 676 Å². The maximum Gasteiger partial charge on any atom is 0.227 e. The summed E-state index contributed by atoms with van der Waals surface area (Å²) in [7, 11) is 7.35.